The number of carbonyl (C=O) groups is 2. The highest BCUT2D eigenvalue weighted by molar-refractivity contribution is 5.97. The Morgan fingerprint density at radius 1 is 1.10 bits per heavy atom. The number of hydrogen-bond donors (Lipinski definition) is 3. The summed E-state index contributed by atoms with van der Waals surface area (Å²) >= 11 is 0. The fraction of sp³-hybridized carbons (Fsp3) is 0.286. The minimum Gasteiger partial charge on any atom is -0.489 e. The number of nitrogens with one attached hydrogen (secondary N) is 1. The summed E-state index contributed by atoms with van der Waals surface area (Å²) in [4.78, 5) is 23.8. The lowest BCUT2D eigenvalue weighted by molar-refractivity contribution is -0.147. The molecule has 4 N–H and O–H groups in total. The lowest BCUT2D eigenvalue weighted by atomic mass is 10.1. The van der Waals surface area contributed by atoms with Gasteiger partial charge >= 0.3 is 5.97 Å². The summed E-state index contributed by atoms with van der Waals surface area (Å²) < 4.78 is 10.6. The van der Waals surface area contributed by atoms with Gasteiger partial charge in [-0.2, -0.15) is 0 Å². The zero-order chi connectivity index (χ0) is 21.2. The van der Waals surface area contributed by atoms with Gasteiger partial charge in [0, 0.05) is 17.7 Å². The molecule has 0 heterocycles. The molecule has 1 amide bonds. The van der Waals surface area contributed by atoms with Crippen LogP contribution in [0.4, 0.5) is 0 Å². The third-order valence-corrected chi connectivity index (χ3v) is 4.14. The van der Waals surface area contributed by atoms with E-state index >= 15 is 0 Å². The van der Waals surface area contributed by atoms with E-state index in [0.717, 1.165) is 5.56 Å². The van der Waals surface area contributed by atoms with Crippen molar-refractivity contribution >= 4 is 17.7 Å². The maximum absolute atomic E-state index is 12.2. The Kier molecular flexibility index (Phi) is 8.02. The first-order chi connectivity index (χ1) is 13.9. The maximum atomic E-state index is 12.2. The molecule has 0 fully saturated rings. The smallest absolute Gasteiger partial charge is 0.310 e. The summed E-state index contributed by atoms with van der Waals surface area (Å²) in [6.07, 6.45) is 0. The Hall–Kier alpha value is -3.55. The van der Waals surface area contributed by atoms with Gasteiger partial charge in [0.05, 0.1) is 12.5 Å². The molecule has 0 spiro atoms. The Balaban J connectivity index is 1.85. The van der Waals surface area contributed by atoms with Gasteiger partial charge in [0.1, 0.15) is 12.4 Å². The highest BCUT2D eigenvalue weighted by atomic mass is 16.5. The van der Waals surface area contributed by atoms with Crippen molar-refractivity contribution in [1.29, 1.82) is 0 Å². The Bertz CT molecular complexity index is 848. The van der Waals surface area contributed by atoms with Crippen LogP contribution in [0.5, 0.6) is 5.75 Å². The summed E-state index contributed by atoms with van der Waals surface area (Å²) in [5.41, 5.74) is 7.52. The standard InChI is InChI=1S/C21H25N3O5/c1-3-28-21(26)14(2)12-23-20(25)17-8-10-18(11-9-17)29-13-15-4-6-16(7-5-15)19(22)24-27/h4-11,14,27H,3,12-13H2,1-2H3,(H2,22,24)(H,23,25)/t14-/m0/s1. The van der Waals surface area contributed by atoms with Crippen LogP contribution in [0.3, 0.4) is 0 Å². The molecule has 2 aromatic rings. The van der Waals surface area contributed by atoms with Crippen LogP contribution in [0.15, 0.2) is 53.7 Å². The molecule has 154 valence electrons. The van der Waals surface area contributed by atoms with E-state index in [2.05, 4.69) is 10.5 Å². The van der Waals surface area contributed by atoms with Gasteiger partial charge in [0.25, 0.3) is 5.91 Å². The zero-order valence-corrected chi connectivity index (χ0v) is 16.4. The second-order valence-electron chi connectivity index (χ2n) is 6.36. The molecule has 8 heteroatoms. The summed E-state index contributed by atoms with van der Waals surface area (Å²) in [5, 5.41) is 14.3. The van der Waals surface area contributed by atoms with E-state index in [1.165, 1.54) is 0 Å². The zero-order valence-electron chi connectivity index (χ0n) is 16.4. The van der Waals surface area contributed by atoms with Gasteiger partial charge in [0.15, 0.2) is 5.84 Å². The maximum Gasteiger partial charge on any atom is 0.310 e. The molecule has 2 aromatic carbocycles. The normalized spacial score (nSPS) is 12.1. The number of nitrogens with zero attached hydrogens (tertiary/aromatic N) is 1. The largest absolute Gasteiger partial charge is 0.489 e. The Labute approximate surface area is 169 Å². The molecule has 0 aliphatic rings. The van der Waals surface area contributed by atoms with E-state index < -0.39 is 5.92 Å². The Morgan fingerprint density at radius 3 is 2.31 bits per heavy atom. The number of esters is 1. The van der Waals surface area contributed by atoms with Crippen molar-refractivity contribution in [3.8, 4) is 5.75 Å². The lowest BCUT2D eigenvalue weighted by Gasteiger charge is -2.12. The summed E-state index contributed by atoms with van der Waals surface area (Å²) in [6.45, 7) is 4.29. The molecule has 0 saturated heterocycles. The quantitative estimate of drug-likeness (QED) is 0.195. The first-order valence-electron chi connectivity index (χ1n) is 9.19. The van der Waals surface area contributed by atoms with Gasteiger partial charge < -0.3 is 25.7 Å². The molecule has 0 bridgehead atoms. The molecule has 0 radical (unpaired) electrons. The molecular formula is C21H25N3O5. The van der Waals surface area contributed by atoms with Gasteiger partial charge in [-0.25, -0.2) is 0 Å². The molecule has 0 unspecified atom stereocenters. The number of benzene rings is 2. The fourth-order valence-corrected chi connectivity index (χ4v) is 2.41. The SMILES string of the molecule is CCOC(=O)[C@@H](C)CNC(=O)c1ccc(OCc2ccc(/C(N)=N\O)cc2)cc1. The van der Waals surface area contributed by atoms with Gasteiger partial charge in [-0.3, -0.25) is 9.59 Å². The van der Waals surface area contributed by atoms with Gasteiger partial charge in [-0.1, -0.05) is 36.3 Å². The van der Waals surface area contributed by atoms with Crippen LogP contribution in [-0.4, -0.2) is 36.1 Å². The number of ether oxygens (including phenoxy) is 2. The van der Waals surface area contributed by atoms with Crippen LogP contribution in [0.25, 0.3) is 0 Å². The monoisotopic (exact) mass is 399 g/mol. The number of nitrogens with two attached hydrogens (primary N) is 1. The highest BCUT2D eigenvalue weighted by Crippen LogP contribution is 2.15. The third kappa shape index (κ3) is 6.53. The van der Waals surface area contributed by atoms with E-state index in [-0.39, 0.29) is 24.3 Å². The average molecular weight is 399 g/mol. The van der Waals surface area contributed by atoms with Crippen molar-refractivity contribution in [1.82, 2.24) is 5.32 Å². The Morgan fingerprint density at radius 2 is 1.72 bits per heavy atom. The molecule has 0 aromatic heterocycles. The van der Waals surface area contributed by atoms with Crippen LogP contribution < -0.4 is 15.8 Å². The predicted octanol–water partition coefficient (Wildman–Crippen LogP) is 2.29. The fourth-order valence-electron chi connectivity index (χ4n) is 2.41. The summed E-state index contributed by atoms with van der Waals surface area (Å²) in [7, 11) is 0. The van der Waals surface area contributed by atoms with Gasteiger partial charge in [0.2, 0.25) is 0 Å². The van der Waals surface area contributed by atoms with Crippen molar-refractivity contribution in [2.24, 2.45) is 16.8 Å². The summed E-state index contributed by atoms with van der Waals surface area (Å²) in [6, 6.07) is 13.8. The first-order valence-corrected chi connectivity index (χ1v) is 9.19. The van der Waals surface area contributed by atoms with Crippen LogP contribution in [0.1, 0.15) is 35.3 Å². The van der Waals surface area contributed by atoms with Crippen LogP contribution in [-0.2, 0) is 16.1 Å². The molecule has 29 heavy (non-hydrogen) atoms. The van der Waals surface area contributed by atoms with Crippen molar-refractivity contribution in [3.63, 3.8) is 0 Å². The average Bonchev–Trinajstić information content (AvgIpc) is 2.76. The number of amides is 1. The third-order valence-electron chi connectivity index (χ3n) is 4.14. The minimum absolute atomic E-state index is 0.0444. The van der Waals surface area contributed by atoms with Crippen molar-refractivity contribution in [2.75, 3.05) is 13.2 Å². The summed E-state index contributed by atoms with van der Waals surface area (Å²) in [5.74, 6) is -0.362. The number of oxime groups is 1. The predicted molar refractivity (Wildman–Crippen MR) is 108 cm³/mol. The van der Waals surface area contributed by atoms with E-state index in [0.29, 0.717) is 30.1 Å². The second-order valence-corrected chi connectivity index (χ2v) is 6.36. The van der Waals surface area contributed by atoms with Crippen molar-refractivity contribution in [3.05, 3.63) is 65.2 Å². The number of amidine groups is 1. The van der Waals surface area contributed by atoms with E-state index in [1.54, 1.807) is 50.2 Å². The number of hydrogen-bond acceptors (Lipinski definition) is 6. The molecule has 2 rings (SSSR count). The van der Waals surface area contributed by atoms with Gasteiger partial charge in [-0.05, 0) is 36.8 Å². The molecule has 8 nitrogen and oxygen atoms in total. The molecule has 0 saturated carbocycles. The van der Waals surface area contributed by atoms with Crippen molar-refractivity contribution in [2.45, 2.75) is 20.5 Å². The molecule has 0 aliphatic heterocycles. The first kappa shape index (κ1) is 21.7. The van der Waals surface area contributed by atoms with Crippen LogP contribution in [0.2, 0.25) is 0 Å². The van der Waals surface area contributed by atoms with E-state index in [1.807, 2.05) is 12.1 Å². The molecule has 0 aliphatic carbocycles. The van der Waals surface area contributed by atoms with Gasteiger partial charge in [-0.15, -0.1) is 0 Å². The van der Waals surface area contributed by atoms with E-state index in [4.69, 9.17) is 20.4 Å². The number of carbonyl (C=O) groups excluding carboxylic acids is 2. The minimum atomic E-state index is -0.410. The van der Waals surface area contributed by atoms with E-state index in [9.17, 15) is 9.59 Å². The van der Waals surface area contributed by atoms with Crippen LogP contribution in [0, 0.1) is 5.92 Å². The second kappa shape index (κ2) is 10.7. The topological polar surface area (TPSA) is 123 Å². The molecule has 1 atom stereocenters. The number of rotatable bonds is 9. The van der Waals surface area contributed by atoms with Crippen LogP contribution >= 0.6 is 0 Å². The highest BCUT2D eigenvalue weighted by Gasteiger charge is 2.15. The van der Waals surface area contributed by atoms with Crippen molar-refractivity contribution < 1.29 is 24.3 Å². The molecular weight excluding hydrogens is 374 g/mol. The lowest BCUT2D eigenvalue weighted by Crippen LogP contribution is -2.32.